The lowest BCUT2D eigenvalue weighted by atomic mass is 10.0. The molecule has 1 aliphatic carbocycles. The Morgan fingerprint density at radius 2 is 1.59 bits per heavy atom. The molecule has 0 unspecified atom stereocenters. The highest BCUT2D eigenvalue weighted by atomic mass is 127. The van der Waals surface area contributed by atoms with Crippen LogP contribution >= 0.6 is 22.6 Å². The van der Waals surface area contributed by atoms with Gasteiger partial charge in [0.15, 0.2) is 5.96 Å². The minimum absolute atomic E-state index is 0.00902. The molecule has 0 radical (unpaired) electrons. The molecule has 0 aromatic heterocycles. The summed E-state index contributed by atoms with van der Waals surface area (Å²) in [7, 11) is 0. The standard InChI is InChI=1S/C23H16IN3/c24-19-11-13-20(17-7-2-1-6-16(17)19)27(23(25)26)21-12-9-15-5-3-4-14-8-10-18(21)22(14)15/h1-13H,(H3,25,26). The molecule has 27 heavy (non-hydrogen) atoms. The van der Waals surface area contributed by atoms with Gasteiger partial charge in [-0.05, 0) is 62.5 Å². The van der Waals surface area contributed by atoms with Crippen LogP contribution in [0.2, 0.25) is 0 Å². The first-order valence-electron chi connectivity index (χ1n) is 8.70. The van der Waals surface area contributed by atoms with Crippen molar-refractivity contribution >= 4 is 73.6 Å². The first-order valence-corrected chi connectivity index (χ1v) is 9.78. The molecule has 0 bridgehead atoms. The number of nitrogens with one attached hydrogen (secondary N) is 1. The van der Waals surface area contributed by atoms with Gasteiger partial charge >= 0.3 is 0 Å². The van der Waals surface area contributed by atoms with E-state index in [0.717, 1.165) is 27.7 Å². The Morgan fingerprint density at radius 1 is 0.815 bits per heavy atom. The largest absolute Gasteiger partial charge is 0.369 e. The van der Waals surface area contributed by atoms with Crippen LogP contribution in [0.5, 0.6) is 0 Å². The molecule has 0 spiro atoms. The zero-order valence-corrected chi connectivity index (χ0v) is 16.6. The lowest BCUT2D eigenvalue weighted by Crippen LogP contribution is -2.33. The predicted octanol–water partition coefficient (Wildman–Crippen LogP) is 6.11. The third kappa shape index (κ3) is 2.44. The fourth-order valence-electron chi connectivity index (χ4n) is 3.93. The average molecular weight is 461 g/mol. The Morgan fingerprint density at radius 3 is 2.41 bits per heavy atom. The summed E-state index contributed by atoms with van der Waals surface area (Å²) in [6, 6.07) is 22.9. The zero-order valence-electron chi connectivity index (χ0n) is 14.4. The van der Waals surface area contributed by atoms with Gasteiger partial charge in [0.05, 0.1) is 11.4 Å². The van der Waals surface area contributed by atoms with Gasteiger partial charge in [0, 0.05) is 14.5 Å². The predicted molar refractivity (Wildman–Crippen MR) is 124 cm³/mol. The van der Waals surface area contributed by atoms with Crippen LogP contribution < -0.4 is 10.6 Å². The molecule has 5 rings (SSSR count). The maximum Gasteiger partial charge on any atom is 0.197 e. The van der Waals surface area contributed by atoms with Crippen LogP contribution in [0.15, 0.2) is 66.7 Å². The highest BCUT2D eigenvalue weighted by molar-refractivity contribution is 14.1. The second kappa shape index (κ2) is 6.09. The molecule has 0 amide bonds. The molecule has 3 nitrogen and oxygen atoms in total. The van der Waals surface area contributed by atoms with E-state index in [0.29, 0.717) is 0 Å². The Hall–Kier alpha value is -2.86. The number of hydrogen-bond donors (Lipinski definition) is 2. The van der Waals surface area contributed by atoms with Crippen LogP contribution in [0.4, 0.5) is 11.4 Å². The van der Waals surface area contributed by atoms with Crippen molar-refractivity contribution < 1.29 is 0 Å². The Bertz CT molecular complexity index is 1270. The van der Waals surface area contributed by atoms with Crippen molar-refractivity contribution in [3.63, 3.8) is 0 Å². The molecule has 4 aromatic rings. The topological polar surface area (TPSA) is 53.1 Å². The van der Waals surface area contributed by atoms with Crippen molar-refractivity contribution in [2.24, 2.45) is 5.73 Å². The van der Waals surface area contributed by atoms with E-state index >= 15 is 0 Å². The number of nitrogens with two attached hydrogens (primary N) is 1. The van der Waals surface area contributed by atoms with E-state index in [-0.39, 0.29) is 5.96 Å². The van der Waals surface area contributed by atoms with E-state index in [9.17, 15) is 0 Å². The fourth-order valence-corrected chi connectivity index (χ4v) is 4.58. The van der Waals surface area contributed by atoms with E-state index in [1.54, 1.807) is 0 Å². The fraction of sp³-hybridized carbons (Fsp3) is 0. The van der Waals surface area contributed by atoms with Crippen molar-refractivity contribution in [3.05, 3.63) is 81.4 Å². The third-order valence-corrected chi connectivity index (χ3v) is 6.04. The van der Waals surface area contributed by atoms with Crippen molar-refractivity contribution in [1.29, 1.82) is 5.41 Å². The van der Waals surface area contributed by atoms with Gasteiger partial charge in [-0.15, -0.1) is 0 Å². The molecule has 4 heteroatoms. The van der Waals surface area contributed by atoms with Gasteiger partial charge in [0.1, 0.15) is 0 Å². The smallest absolute Gasteiger partial charge is 0.197 e. The zero-order chi connectivity index (χ0) is 18.5. The van der Waals surface area contributed by atoms with Gasteiger partial charge in [-0.2, -0.15) is 0 Å². The lowest BCUT2D eigenvalue weighted by Gasteiger charge is -2.26. The number of anilines is 2. The summed E-state index contributed by atoms with van der Waals surface area (Å²) in [6.07, 6.45) is 4.25. The molecule has 0 saturated carbocycles. The monoisotopic (exact) mass is 461 g/mol. The molecule has 1 aliphatic rings. The minimum atomic E-state index is 0.00902. The van der Waals surface area contributed by atoms with Crippen LogP contribution in [0.1, 0.15) is 11.1 Å². The third-order valence-electron chi connectivity index (χ3n) is 5.10. The number of benzene rings is 4. The first-order chi connectivity index (χ1) is 13.1. The molecular weight excluding hydrogens is 445 g/mol. The summed E-state index contributed by atoms with van der Waals surface area (Å²) in [5.41, 5.74) is 10.3. The summed E-state index contributed by atoms with van der Waals surface area (Å²) in [4.78, 5) is 1.85. The first kappa shape index (κ1) is 16.3. The second-order valence-corrected chi connectivity index (χ2v) is 7.77. The number of nitrogens with zero attached hydrogens (tertiary/aromatic N) is 1. The molecule has 0 fully saturated rings. The van der Waals surface area contributed by atoms with E-state index in [1.807, 2.05) is 23.1 Å². The Labute approximate surface area is 170 Å². The summed E-state index contributed by atoms with van der Waals surface area (Å²) < 4.78 is 1.18. The average Bonchev–Trinajstić information content (AvgIpc) is 3.11. The number of rotatable bonds is 2. The van der Waals surface area contributed by atoms with Crippen LogP contribution in [0.3, 0.4) is 0 Å². The van der Waals surface area contributed by atoms with E-state index < -0.39 is 0 Å². The number of fused-ring (bicyclic) bond motifs is 1. The molecule has 0 aliphatic heterocycles. The van der Waals surface area contributed by atoms with Gasteiger partial charge in [0.25, 0.3) is 0 Å². The Balaban J connectivity index is 1.82. The summed E-state index contributed by atoms with van der Waals surface area (Å²) in [5.74, 6) is 0.00902. The molecule has 3 N–H and O–H groups in total. The normalized spacial score (nSPS) is 12.0. The van der Waals surface area contributed by atoms with Crippen LogP contribution in [0.25, 0.3) is 33.7 Å². The summed E-state index contributed by atoms with van der Waals surface area (Å²) in [5, 5.41) is 13.0. The van der Waals surface area contributed by atoms with Gasteiger partial charge in [-0.1, -0.05) is 60.7 Å². The Kier molecular flexibility index (Phi) is 3.68. The van der Waals surface area contributed by atoms with Gasteiger partial charge in [0.2, 0.25) is 0 Å². The quantitative estimate of drug-likeness (QED) is 0.189. The van der Waals surface area contributed by atoms with E-state index in [1.165, 1.54) is 19.9 Å². The van der Waals surface area contributed by atoms with Crippen molar-refractivity contribution in [2.45, 2.75) is 0 Å². The minimum Gasteiger partial charge on any atom is -0.369 e. The number of halogens is 1. The lowest BCUT2D eigenvalue weighted by molar-refractivity contribution is 1.26. The highest BCUT2D eigenvalue weighted by Crippen LogP contribution is 2.41. The van der Waals surface area contributed by atoms with Crippen LogP contribution in [-0.4, -0.2) is 5.96 Å². The summed E-state index contributed by atoms with van der Waals surface area (Å²) in [6.45, 7) is 0. The number of guanidine groups is 1. The van der Waals surface area contributed by atoms with Gasteiger partial charge in [-0.25, -0.2) is 0 Å². The second-order valence-electron chi connectivity index (χ2n) is 6.61. The van der Waals surface area contributed by atoms with Gasteiger partial charge in [-0.3, -0.25) is 10.3 Å². The van der Waals surface area contributed by atoms with Crippen molar-refractivity contribution in [1.82, 2.24) is 0 Å². The van der Waals surface area contributed by atoms with E-state index in [4.69, 9.17) is 11.1 Å². The molecule has 130 valence electrons. The summed E-state index contributed by atoms with van der Waals surface area (Å²) >= 11 is 2.35. The highest BCUT2D eigenvalue weighted by Gasteiger charge is 2.22. The molecule has 0 heterocycles. The maximum atomic E-state index is 8.33. The maximum absolute atomic E-state index is 8.33. The molecule has 4 aromatic carbocycles. The number of hydrogen-bond acceptors (Lipinski definition) is 1. The van der Waals surface area contributed by atoms with Crippen molar-refractivity contribution in [3.8, 4) is 0 Å². The van der Waals surface area contributed by atoms with Crippen molar-refractivity contribution in [2.75, 3.05) is 4.90 Å². The van der Waals surface area contributed by atoms with Crippen LogP contribution in [0, 0.1) is 8.98 Å². The SMILES string of the molecule is N=C(N)N(c1ccc2cccc3c2c1C=C3)c1ccc(I)c2ccccc12. The molecular formula is C23H16IN3. The van der Waals surface area contributed by atoms with Gasteiger partial charge < -0.3 is 5.73 Å². The molecule has 0 saturated heterocycles. The van der Waals surface area contributed by atoms with E-state index in [2.05, 4.69) is 83.3 Å². The van der Waals surface area contributed by atoms with Crippen LogP contribution in [-0.2, 0) is 0 Å². The molecule has 0 atom stereocenters.